The van der Waals surface area contributed by atoms with Crippen LogP contribution in [0.2, 0.25) is 0 Å². The highest BCUT2D eigenvalue weighted by molar-refractivity contribution is 7.12. The predicted molar refractivity (Wildman–Crippen MR) is 100 cm³/mol. The van der Waals surface area contributed by atoms with Gasteiger partial charge in [-0.1, -0.05) is 31.5 Å². The second kappa shape index (κ2) is 8.09. The molecule has 2 heterocycles. The summed E-state index contributed by atoms with van der Waals surface area (Å²) in [4.78, 5) is 27.7. The lowest BCUT2D eigenvalue weighted by Crippen LogP contribution is -2.32. The van der Waals surface area contributed by atoms with E-state index in [9.17, 15) is 14.9 Å². The smallest absolute Gasteiger partial charge is 0.269 e. The van der Waals surface area contributed by atoms with E-state index in [1.807, 2.05) is 25.3 Å². The number of thiophene rings is 1. The van der Waals surface area contributed by atoms with Gasteiger partial charge in [-0.2, -0.15) is 4.98 Å². The molecule has 0 aliphatic heterocycles. The maximum Gasteiger partial charge on any atom is 0.269 e. The highest BCUT2D eigenvalue weighted by Crippen LogP contribution is 2.27. The molecule has 27 heavy (non-hydrogen) atoms. The Labute approximate surface area is 159 Å². The molecule has 0 saturated carbocycles. The van der Waals surface area contributed by atoms with E-state index in [4.69, 9.17) is 4.52 Å². The number of benzene rings is 1. The first kappa shape index (κ1) is 18.7. The summed E-state index contributed by atoms with van der Waals surface area (Å²) in [6.07, 6.45) is 0.810. The predicted octanol–water partition coefficient (Wildman–Crippen LogP) is 4.22. The highest BCUT2D eigenvalue weighted by atomic mass is 32.1. The lowest BCUT2D eigenvalue weighted by Gasteiger charge is -2.20. The van der Waals surface area contributed by atoms with Crippen molar-refractivity contribution in [2.24, 2.45) is 5.92 Å². The SMILES string of the molecule is CC[C@@H](C)[C@H](NC(=O)c1cccs1)c1nc(-c2ccc([N+](=O)[O-])cc2)no1. The lowest BCUT2D eigenvalue weighted by atomic mass is 9.99. The van der Waals surface area contributed by atoms with Crippen molar-refractivity contribution in [2.75, 3.05) is 0 Å². The van der Waals surface area contributed by atoms with Crippen LogP contribution in [0, 0.1) is 16.0 Å². The van der Waals surface area contributed by atoms with Crippen LogP contribution in [0.4, 0.5) is 5.69 Å². The fourth-order valence-electron chi connectivity index (χ4n) is 2.51. The molecule has 0 aliphatic rings. The molecule has 0 spiro atoms. The molecular weight excluding hydrogens is 368 g/mol. The van der Waals surface area contributed by atoms with Gasteiger partial charge in [-0.3, -0.25) is 14.9 Å². The summed E-state index contributed by atoms with van der Waals surface area (Å²) in [6, 6.07) is 9.04. The molecule has 0 unspecified atom stereocenters. The molecule has 0 fully saturated rings. The van der Waals surface area contributed by atoms with Crippen LogP contribution in [0.3, 0.4) is 0 Å². The first-order chi connectivity index (χ1) is 13.0. The van der Waals surface area contributed by atoms with E-state index in [0.717, 1.165) is 6.42 Å². The molecule has 8 nitrogen and oxygen atoms in total. The molecule has 140 valence electrons. The van der Waals surface area contributed by atoms with Crippen molar-refractivity contribution in [2.45, 2.75) is 26.3 Å². The number of hydrogen-bond acceptors (Lipinski definition) is 7. The van der Waals surface area contributed by atoms with Gasteiger partial charge in [0.15, 0.2) is 0 Å². The topological polar surface area (TPSA) is 111 Å². The van der Waals surface area contributed by atoms with Gasteiger partial charge in [-0.25, -0.2) is 0 Å². The van der Waals surface area contributed by atoms with Gasteiger partial charge in [-0.15, -0.1) is 11.3 Å². The average molecular weight is 386 g/mol. The molecule has 2 atom stereocenters. The number of amides is 1. The third-order valence-electron chi connectivity index (χ3n) is 4.29. The number of nitrogens with zero attached hydrogens (tertiary/aromatic N) is 3. The van der Waals surface area contributed by atoms with Gasteiger partial charge in [0.1, 0.15) is 6.04 Å². The molecule has 0 bridgehead atoms. The van der Waals surface area contributed by atoms with Crippen LogP contribution in [0.25, 0.3) is 11.4 Å². The van der Waals surface area contributed by atoms with Crippen LogP contribution < -0.4 is 5.32 Å². The fraction of sp³-hybridized carbons (Fsp3) is 0.278. The molecule has 0 aliphatic carbocycles. The summed E-state index contributed by atoms with van der Waals surface area (Å²) < 4.78 is 5.39. The van der Waals surface area contributed by atoms with Crippen molar-refractivity contribution in [1.82, 2.24) is 15.5 Å². The first-order valence-electron chi connectivity index (χ1n) is 8.42. The molecule has 3 rings (SSSR count). The number of aromatic nitrogens is 2. The fourth-order valence-corrected chi connectivity index (χ4v) is 3.14. The summed E-state index contributed by atoms with van der Waals surface area (Å²) in [7, 11) is 0. The average Bonchev–Trinajstić information content (AvgIpc) is 3.37. The van der Waals surface area contributed by atoms with Crippen molar-refractivity contribution in [3.63, 3.8) is 0 Å². The Morgan fingerprint density at radius 2 is 2.07 bits per heavy atom. The largest absolute Gasteiger partial charge is 0.339 e. The number of non-ortho nitro benzene ring substituents is 1. The Bertz CT molecular complexity index is 921. The van der Waals surface area contributed by atoms with Gasteiger partial charge in [0, 0.05) is 17.7 Å². The van der Waals surface area contributed by atoms with Gasteiger partial charge >= 0.3 is 0 Å². The molecule has 2 aromatic heterocycles. The quantitative estimate of drug-likeness (QED) is 0.480. The Balaban J connectivity index is 1.83. The van der Waals surface area contributed by atoms with E-state index in [1.54, 1.807) is 18.2 Å². The number of nitro groups is 1. The van der Waals surface area contributed by atoms with E-state index >= 15 is 0 Å². The number of rotatable bonds is 7. The van der Waals surface area contributed by atoms with Crippen molar-refractivity contribution >= 4 is 22.9 Å². The summed E-state index contributed by atoms with van der Waals surface area (Å²) >= 11 is 1.36. The molecular formula is C18H18N4O4S. The van der Waals surface area contributed by atoms with Gasteiger partial charge in [0.05, 0.1) is 9.80 Å². The van der Waals surface area contributed by atoms with Crippen LogP contribution in [-0.2, 0) is 0 Å². The first-order valence-corrected chi connectivity index (χ1v) is 9.30. The third-order valence-corrected chi connectivity index (χ3v) is 5.16. The van der Waals surface area contributed by atoms with E-state index < -0.39 is 11.0 Å². The zero-order valence-electron chi connectivity index (χ0n) is 14.8. The molecule has 1 aromatic carbocycles. The van der Waals surface area contributed by atoms with Gasteiger partial charge in [0.25, 0.3) is 11.6 Å². The molecule has 0 saturated heterocycles. The maximum atomic E-state index is 12.4. The van der Waals surface area contributed by atoms with E-state index in [-0.39, 0.29) is 17.5 Å². The monoisotopic (exact) mass is 386 g/mol. The number of carbonyl (C=O) groups excluding carboxylic acids is 1. The van der Waals surface area contributed by atoms with E-state index in [2.05, 4.69) is 15.5 Å². The van der Waals surface area contributed by atoms with Crippen LogP contribution in [-0.4, -0.2) is 21.0 Å². The maximum absolute atomic E-state index is 12.4. The number of carbonyl (C=O) groups is 1. The lowest BCUT2D eigenvalue weighted by molar-refractivity contribution is -0.384. The summed E-state index contributed by atoms with van der Waals surface area (Å²) in [5.41, 5.74) is 0.589. The van der Waals surface area contributed by atoms with Gasteiger partial charge < -0.3 is 9.84 Å². The minimum Gasteiger partial charge on any atom is -0.339 e. The van der Waals surface area contributed by atoms with Crippen LogP contribution in [0.5, 0.6) is 0 Å². The standard InChI is InChI=1S/C18H18N4O4S/c1-3-11(2)15(19-17(23)14-5-4-10-27-14)18-20-16(21-26-18)12-6-8-13(9-7-12)22(24)25/h4-11,15H,3H2,1-2H3,(H,19,23)/t11-,15+/m1/s1. The number of nitro benzene ring substituents is 1. The summed E-state index contributed by atoms with van der Waals surface area (Å²) in [5.74, 6) is 0.519. The number of hydrogen-bond donors (Lipinski definition) is 1. The number of nitrogens with one attached hydrogen (secondary N) is 1. The highest BCUT2D eigenvalue weighted by Gasteiger charge is 2.27. The van der Waals surface area contributed by atoms with Crippen molar-refractivity contribution in [3.8, 4) is 11.4 Å². The summed E-state index contributed by atoms with van der Waals surface area (Å²) in [5, 5.41) is 19.5. The van der Waals surface area contributed by atoms with Crippen LogP contribution in [0.1, 0.15) is 41.9 Å². The molecule has 3 aromatic rings. The summed E-state index contributed by atoms with van der Waals surface area (Å²) in [6.45, 7) is 4.01. The molecule has 1 amide bonds. The van der Waals surface area contributed by atoms with Gasteiger partial charge in [-0.05, 0) is 29.5 Å². The minimum atomic E-state index is -0.468. The van der Waals surface area contributed by atoms with Crippen molar-refractivity contribution in [3.05, 3.63) is 62.7 Å². The normalized spacial score (nSPS) is 13.1. The third kappa shape index (κ3) is 4.20. The Morgan fingerprint density at radius 3 is 2.67 bits per heavy atom. The van der Waals surface area contributed by atoms with Crippen molar-refractivity contribution in [1.29, 1.82) is 0 Å². The van der Waals surface area contributed by atoms with E-state index in [1.165, 1.54) is 23.5 Å². The minimum absolute atomic E-state index is 0.0110. The Hall–Kier alpha value is -3.07. The molecule has 9 heteroatoms. The van der Waals surface area contributed by atoms with Crippen molar-refractivity contribution < 1.29 is 14.2 Å². The second-order valence-electron chi connectivity index (χ2n) is 6.07. The second-order valence-corrected chi connectivity index (χ2v) is 7.02. The Kier molecular flexibility index (Phi) is 5.60. The van der Waals surface area contributed by atoms with Gasteiger partial charge in [0.2, 0.25) is 11.7 Å². The van der Waals surface area contributed by atoms with Crippen LogP contribution >= 0.6 is 11.3 Å². The van der Waals surface area contributed by atoms with E-state index in [0.29, 0.717) is 22.2 Å². The molecule has 0 radical (unpaired) electrons. The van der Waals surface area contributed by atoms with Crippen LogP contribution in [0.15, 0.2) is 46.3 Å². The molecule has 1 N–H and O–H groups in total. The zero-order valence-corrected chi connectivity index (χ0v) is 15.6. The zero-order chi connectivity index (χ0) is 19.4. The Morgan fingerprint density at radius 1 is 1.33 bits per heavy atom.